The Bertz CT molecular complexity index is 711. The molecule has 0 amide bonds. The Morgan fingerprint density at radius 3 is 2.78 bits per heavy atom. The zero-order chi connectivity index (χ0) is 11.9. The highest BCUT2D eigenvalue weighted by atomic mass is 16.5. The van der Waals surface area contributed by atoms with E-state index in [1.54, 1.807) is 6.26 Å². The Labute approximate surface area is 105 Å². The molecule has 0 atom stereocenters. The van der Waals surface area contributed by atoms with Crippen LogP contribution < -0.4 is 0 Å². The molecule has 0 bridgehead atoms. The highest BCUT2D eigenvalue weighted by molar-refractivity contribution is 5.98. The van der Waals surface area contributed by atoms with Crippen molar-refractivity contribution < 1.29 is 9.15 Å². The molecule has 88 valence electrons. The lowest BCUT2D eigenvalue weighted by Gasteiger charge is -2.09. The minimum Gasteiger partial charge on any atom is -0.464 e. The van der Waals surface area contributed by atoms with E-state index >= 15 is 0 Å². The highest BCUT2D eigenvalue weighted by Crippen LogP contribution is 2.38. The molecule has 0 radical (unpaired) electrons. The van der Waals surface area contributed by atoms with E-state index in [9.17, 15) is 0 Å². The molecular formula is C16H12O2. The van der Waals surface area contributed by atoms with E-state index in [1.165, 1.54) is 27.5 Å². The van der Waals surface area contributed by atoms with Gasteiger partial charge in [-0.2, -0.15) is 0 Å². The van der Waals surface area contributed by atoms with Crippen LogP contribution in [-0.4, -0.2) is 0 Å². The standard InChI is InChI=1S/C16H12O2/c1-2-5-13-11(4-1)8-12-9-17-10-14(12)16(13)15-6-3-7-18-15/h1-8H,9-10H2. The molecule has 3 aromatic rings. The average Bonchev–Trinajstić information content (AvgIpc) is 3.06. The molecule has 0 N–H and O–H groups in total. The minimum absolute atomic E-state index is 0.677. The third-order valence-electron chi connectivity index (χ3n) is 3.52. The molecule has 1 aromatic heterocycles. The van der Waals surface area contributed by atoms with Gasteiger partial charge >= 0.3 is 0 Å². The van der Waals surface area contributed by atoms with Crippen molar-refractivity contribution in [1.82, 2.24) is 0 Å². The zero-order valence-corrected chi connectivity index (χ0v) is 9.85. The van der Waals surface area contributed by atoms with Crippen molar-refractivity contribution in [2.24, 2.45) is 0 Å². The maximum Gasteiger partial charge on any atom is 0.134 e. The van der Waals surface area contributed by atoms with Gasteiger partial charge in [-0.1, -0.05) is 24.3 Å². The Kier molecular flexibility index (Phi) is 2.05. The lowest BCUT2D eigenvalue weighted by atomic mass is 9.94. The van der Waals surface area contributed by atoms with Gasteiger partial charge in [0, 0.05) is 5.56 Å². The van der Waals surface area contributed by atoms with Gasteiger partial charge in [-0.15, -0.1) is 0 Å². The van der Waals surface area contributed by atoms with Gasteiger partial charge in [0.15, 0.2) is 0 Å². The number of furan rings is 1. The summed E-state index contributed by atoms with van der Waals surface area (Å²) in [5.41, 5.74) is 3.73. The van der Waals surface area contributed by atoms with Crippen LogP contribution in [0.2, 0.25) is 0 Å². The smallest absolute Gasteiger partial charge is 0.134 e. The van der Waals surface area contributed by atoms with Gasteiger partial charge in [0.05, 0.1) is 19.5 Å². The second kappa shape index (κ2) is 3.72. The molecular weight excluding hydrogens is 224 g/mol. The highest BCUT2D eigenvalue weighted by Gasteiger charge is 2.20. The summed E-state index contributed by atoms with van der Waals surface area (Å²) in [7, 11) is 0. The molecule has 2 aromatic carbocycles. The van der Waals surface area contributed by atoms with E-state index in [4.69, 9.17) is 9.15 Å². The molecule has 0 fully saturated rings. The second-order valence-corrected chi connectivity index (χ2v) is 4.58. The van der Waals surface area contributed by atoms with Gasteiger partial charge in [0.1, 0.15) is 5.76 Å². The lowest BCUT2D eigenvalue weighted by molar-refractivity contribution is 0.134. The van der Waals surface area contributed by atoms with E-state index in [0.29, 0.717) is 13.2 Å². The first-order chi connectivity index (χ1) is 8.93. The largest absolute Gasteiger partial charge is 0.464 e. The topological polar surface area (TPSA) is 22.4 Å². The van der Waals surface area contributed by atoms with Crippen molar-refractivity contribution in [2.75, 3.05) is 0 Å². The van der Waals surface area contributed by atoms with Crippen LogP contribution in [0.15, 0.2) is 53.1 Å². The van der Waals surface area contributed by atoms with Crippen LogP contribution in [0.25, 0.3) is 22.1 Å². The molecule has 1 aliphatic rings. The number of hydrogen-bond donors (Lipinski definition) is 0. The van der Waals surface area contributed by atoms with Gasteiger partial charge in [-0.25, -0.2) is 0 Å². The molecule has 0 aliphatic carbocycles. The molecule has 4 rings (SSSR count). The van der Waals surface area contributed by atoms with Crippen molar-refractivity contribution in [1.29, 1.82) is 0 Å². The van der Waals surface area contributed by atoms with Crippen LogP contribution >= 0.6 is 0 Å². The Morgan fingerprint density at radius 2 is 1.89 bits per heavy atom. The molecule has 2 nitrogen and oxygen atoms in total. The van der Waals surface area contributed by atoms with Crippen LogP contribution in [0, 0.1) is 0 Å². The molecule has 2 heterocycles. The number of benzene rings is 2. The summed E-state index contributed by atoms with van der Waals surface area (Å²) < 4.78 is 11.2. The first kappa shape index (κ1) is 9.92. The fourth-order valence-electron chi connectivity index (χ4n) is 2.71. The van der Waals surface area contributed by atoms with Crippen LogP contribution in [0.5, 0.6) is 0 Å². The monoisotopic (exact) mass is 236 g/mol. The Hall–Kier alpha value is -2.06. The molecule has 2 heteroatoms. The van der Waals surface area contributed by atoms with Crippen LogP contribution in [-0.2, 0) is 18.0 Å². The van der Waals surface area contributed by atoms with E-state index in [0.717, 1.165) is 5.76 Å². The SMILES string of the molecule is c1coc(-c2c3c(cc4ccccc24)COC3)c1. The predicted octanol–water partition coefficient (Wildman–Crippen LogP) is 4.13. The van der Waals surface area contributed by atoms with Crippen molar-refractivity contribution in [3.63, 3.8) is 0 Å². The molecule has 0 unspecified atom stereocenters. The number of hydrogen-bond acceptors (Lipinski definition) is 2. The number of rotatable bonds is 1. The summed E-state index contributed by atoms with van der Waals surface area (Å²) in [4.78, 5) is 0. The van der Waals surface area contributed by atoms with Crippen LogP contribution in [0.1, 0.15) is 11.1 Å². The summed E-state index contributed by atoms with van der Waals surface area (Å²) >= 11 is 0. The maximum atomic E-state index is 5.60. The average molecular weight is 236 g/mol. The van der Waals surface area contributed by atoms with Gasteiger partial charge in [0.25, 0.3) is 0 Å². The molecule has 0 spiro atoms. The second-order valence-electron chi connectivity index (χ2n) is 4.58. The van der Waals surface area contributed by atoms with Crippen molar-refractivity contribution in [3.8, 4) is 11.3 Å². The summed E-state index contributed by atoms with van der Waals surface area (Å²) in [6.07, 6.45) is 1.72. The van der Waals surface area contributed by atoms with Crippen LogP contribution in [0.3, 0.4) is 0 Å². The van der Waals surface area contributed by atoms with Gasteiger partial charge < -0.3 is 9.15 Å². The Balaban J connectivity index is 2.15. The normalized spacial score (nSPS) is 14.0. The van der Waals surface area contributed by atoms with Crippen LogP contribution in [0.4, 0.5) is 0 Å². The zero-order valence-electron chi connectivity index (χ0n) is 9.85. The van der Waals surface area contributed by atoms with Gasteiger partial charge in [-0.05, 0) is 40.1 Å². The summed E-state index contributed by atoms with van der Waals surface area (Å²) in [5, 5.41) is 2.48. The van der Waals surface area contributed by atoms with Gasteiger partial charge in [0.2, 0.25) is 0 Å². The molecule has 1 aliphatic heterocycles. The van der Waals surface area contributed by atoms with Crippen molar-refractivity contribution in [2.45, 2.75) is 13.2 Å². The maximum absolute atomic E-state index is 5.60. The first-order valence-corrected chi connectivity index (χ1v) is 6.08. The summed E-state index contributed by atoms with van der Waals surface area (Å²) in [5.74, 6) is 0.925. The quantitative estimate of drug-likeness (QED) is 0.633. The van der Waals surface area contributed by atoms with Crippen molar-refractivity contribution >= 4 is 10.8 Å². The van der Waals surface area contributed by atoms with E-state index < -0.39 is 0 Å². The van der Waals surface area contributed by atoms with E-state index in [1.807, 2.05) is 12.1 Å². The predicted molar refractivity (Wildman–Crippen MR) is 70.1 cm³/mol. The molecule has 0 saturated heterocycles. The number of ether oxygens (including phenoxy) is 1. The van der Waals surface area contributed by atoms with E-state index in [-0.39, 0.29) is 0 Å². The minimum atomic E-state index is 0.677. The fraction of sp³-hybridized carbons (Fsp3) is 0.125. The van der Waals surface area contributed by atoms with Gasteiger partial charge in [-0.3, -0.25) is 0 Å². The molecule has 18 heavy (non-hydrogen) atoms. The fourth-order valence-corrected chi connectivity index (χ4v) is 2.71. The molecule has 0 saturated carbocycles. The number of fused-ring (bicyclic) bond motifs is 2. The Morgan fingerprint density at radius 1 is 0.944 bits per heavy atom. The third-order valence-corrected chi connectivity index (χ3v) is 3.52. The lowest BCUT2D eigenvalue weighted by Crippen LogP contribution is -1.90. The summed E-state index contributed by atoms with van der Waals surface area (Å²) in [6.45, 7) is 1.38. The first-order valence-electron chi connectivity index (χ1n) is 6.08. The van der Waals surface area contributed by atoms with Crippen molar-refractivity contribution in [3.05, 3.63) is 59.9 Å². The third kappa shape index (κ3) is 1.33. The summed E-state index contributed by atoms with van der Waals surface area (Å²) in [6, 6.07) is 14.6. The van der Waals surface area contributed by atoms with E-state index in [2.05, 4.69) is 30.3 Å².